The maximum atomic E-state index is 13.8. The van der Waals surface area contributed by atoms with Crippen LogP contribution >= 0.6 is 0 Å². The van der Waals surface area contributed by atoms with Gasteiger partial charge in [0, 0.05) is 31.7 Å². The van der Waals surface area contributed by atoms with Gasteiger partial charge in [0.15, 0.2) is 0 Å². The lowest BCUT2D eigenvalue weighted by molar-refractivity contribution is 0.0387. The second kappa shape index (κ2) is 8.79. The van der Waals surface area contributed by atoms with Crippen molar-refractivity contribution in [2.45, 2.75) is 19.4 Å². The molecule has 7 heteroatoms. The number of urea groups is 1. The van der Waals surface area contributed by atoms with Crippen LogP contribution in [0.4, 0.5) is 13.6 Å². The fourth-order valence-corrected chi connectivity index (χ4v) is 2.54. The van der Waals surface area contributed by atoms with E-state index >= 15 is 0 Å². The van der Waals surface area contributed by atoms with Gasteiger partial charge in [-0.05, 0) is 24.6 Å². The third kappa shape index (κ3) is 5.44. The van der Waals surface area contributed by atoms with Gasteiger partial charge in [0.2, 0.25) is 0 Å². The average Bonchev–Trinajstić information content (AvgIpc) is 2.56. The number of carbonyl (C=O) groups excluding carboxylic acids is 1. The van der Waals surface area contributed by atoms with Gasteiger partial charge in [-0.15, -0.1) is 0 Å². The van der Waals surface area contributed by atoms with Gasteiger partial charge in [-0.25, -0.2) is 13.6 Å². The first-order valence-electron chi connectivity index (χ1n) is 7.89. The maximum absolute atomic E-state index is 13.8. The van der Waals surface area contributed by atoms with E-state index in [4.69, 9.17) is 4.74 Å². The van der Waals surface area contributed by atoms with Gasteiger partial charge in [-0.1, -0.05) is 6.92 Å². The number of halogens is 2. The fourth-order valence-electron chi connectivity index (χ4n) is 2.54. The molecule has 1 unspecified atom stereocenters. The summed E-state index contributed by atoms with van der Waals surface area (Å²) in [5.41, 5.74) is 0.163. The molecule has 2 amide bonds. The molecule has 0 radical (unpaired) electrons. The number of carbonyl (C=O) groups is 1. The SMILES string of the molecule is CCC(NC(=O)NCCN1CCOCC1)c1cc(F)ccc1F. The highest BCUT2D eigenvalue weighted by molar-refractivity contribution is 5.74. The van der Waals surface area contributed by atoms with Crippen molar-refractivity contribution in [3.05, 3.63) is 35.4 Å². The number of ether oxygens (including phenoxy) is 1. The minimum atomic E-state index is -0.561. The van der Waals surface area contributed by atoms with E-state index in [2.05, 4.69) is 15.5 Å². The minimum Gasteiger partial charge on any atom is -0.379 e. The molecular weight excluding hydrogens is 304 g/mol. The van der Waals surface area contributed by atoms with E-state index in [1.54, 1.807) is 0 Å². The number of amides is 2. The second-order valence-electron chi connectivity index (χ2n) is 5.48. The lowest BCUT2D eigenvalue weighted by Gasteiger charge is -2.26. The summed E-state index contributed by atoms with van der Waals surface area (Å²) in [6.45, 7) is 6.18. The van der Waals surface area contributed by atoms with Crippen molar-refractivity contribution in [1.29, 1.82) is 0 Å². The predicted octanol–water partition coefficient (Wildman–Crippen LogP) is 2.05. The Morgan fingerprint density at radius 1 is 1.35 bits per heavy atom. The quantitative estimate of drug-likeness (QED) is 0.841. The monoisotopic (exact) mass is 327 g/mol. The molecule has 128 valence electrons. The Labute approximate surface area is 135 Å². The molecule has 5 nitrogen and oxygen atoms in total. The number of nitrogens with zero attached hydrogens (tertiary/aromatic N) is 1. The summed E-state index contributed by atoms with van der Waals surface area (Å²) in [6.07, 6.45) is 0.470. The summed E-state index contributed by atoms with van der Waals surface area (Å²) < 4.78 is 32.3. The average molecular weight is 327 g/mol. The summed E-state index contributed by atoms with van der Waals surface area (Å²) in [6, 6.07) is 2.32. The Kier molecular flexibility index (Phi) is 6.73. The van der Waals surface area contributed by atoms with Gasteiger partial charge in [-0.2, -0.15) is 0 Å². The van der Waals surface area contributed by atoms with Crippen molar-refractivity contribution in [1.82, 2.24) is 15.5 Å². The molecular formula is C16H23F2N3O2. The van der Waals surface area contributed by atoms with Crippen LogP contribution in [0.15, 0.2) is 18.2 Å². The highest BCUT2D eigenvalue weighted by Crippen LogP contribution is 2.20. The summed E-state index contributed by atoms with van der Waals surface area (Å²) in [5, 5.41) is 5.44. The Bertz CT molecular complexity index is 522. The molecule has 23 heavy (non-hydrogen) atoms. The molecule has 2 N–H and O–H groups in total. The minimum absolute atomic E-state index is 0.163. The molecule has 0 bridgehead atoms. The van der Waals surface area contributed by atoms with Crippen LogP contribution in [-0.2, 0) is 4.74 Å². The fraction of sp³-hybridized carbons (Fsp3) is 0.562. The van der Waals surface area contributed by atoms with Crippen molar-refractivity contribution in [3.63, 3.8) is 0 Å². The lowest BCUT2D eigenvalue weighted by atomic mass is 10.0. The van der Waals surface area contributed by atoms with Crippen LogP contribution in [0.25, 0.3) is 0 Å². The van der Waals surface area contributed by atoms with Crippen LogP contribution in [0.5, 0.6) is 0 Å². The van der Waals surface area contributed by atoms with Crippen LogP contribution < -0.4 is 10.6 Å². The lowest BCUT2D eigenvalue weighted by Crippen LogP contribution is -2.44. The molecule has 1 saturated heterocycles. The molecule has 1 aliphatic rings. The Morgan fingerprint density at radius 3 is 2.78 bits per heavy atom. The van der Waals surface area contributed by atoms with Gasteiger partial charge in [0.05, 0.1) is 19.3 Å². The molecule has 2 rings (SSSR count). The third-order valence-corrected chi connectivity index (χ3v) is 3.86. The molecule has 1 heterocycles. The van der Waals surface area contributed by atoms with E-state index in [0.717, 1.165) is 37.8 Å². The molecule has 1 atom stereocenters. The smallest absolute Gasteiger partial charge is 0.315 e. The molecule has 1 aliphatic heterocycles. The zero-order chi connectivity index (χ0) is 16.7. The normalized spacial score (nSPS) is 16.8. The van der Waals surface area contributed by atoms with Crippen molar-refractivity contribution in [2.24, 2.45) is 0 Å². The number of hydrogen-bond acceptors (Lipinski definition) is 3. The Morgan fingerprint density at radius 2 is 2.09 bits per heavy atom. The molecule has 1 fully saturated rings. The van der Waals surface area contributed by atoms with E-state index in [-0.39, 0.29) is 11.6 Å². The Hall–Kier alpha value is -1.73. The van der Waals surface area contributed by atoms with Crippen molar-refractivity contribution in [3.8, 4) is 0 Å². The molecule has 0 spiro atoms. The second-order valence-corrected chi connectivity index (χ2v) is 5.48. The zero-order valence-electron chi connectivity index (χ0n) is 13.3. The van der Waals surface area contributed by atoms with Crippen molar-refractivity contribution in [2.75, 3.05) is 39.4 Å². The van der Waals surface area contributed by atoms with Crippen LogP contribution in [0.2, 0.25) is 0 Å². The molecule has 0 saturated carbocycles. The molecule has 1 aromatic rings. The largest absolute Gasteiger partial charge is 0.379 e. The first-order chi connectivity index (χ1) is 11.1. The van der Waals surface area contributed by atoms with E-state index in [0.29, 0.717) is 26.2 Å². The van der Waals surface area contributed by atoms with Crippen LogP contribution in [0.1, 0.15) is 24.9 Å². The van der Waals surface area contributed by atoms with Gasteiger partial charge in [0.25, 0.3) is 0 Å². The molecule has 0 aliphatic carbocycles. The van der Waals surface area contributed by atoms with Gasteiger partial charge in [0.1, 0.15) is 11.6 Å². The van der Waals surface area contributed by atoms with Crippen molar-refractivity contribution >= 4 is 6.03 Å². The van der Waals surface area contributed by atoms with E-state index in [1.165, 1.54) is 0 Å². The van der Waals surface area contributed by atoms with Crippen LogP contribution in [0, 0.1) is 11.6 Å². The maximum Gasteiger partial charge on any atom is 0.315 e. The van der Waals surface area contributed by atoms with Gasteiger partial charge >= 0.3 is 6.03 Å². The van der Waals surface area contributed by atoms with E-state index in [1.807, 2.05) is 6.92 Å². The highest BCUT2D eigenvalue weighted by atomic mass is 19.1. The zero-order valence-corrected chi connectivity index (χ0v) is 13.3. The van der Waals surface area contributed by atoms with Crippen LogP contribution in [-0.4, -0.2) is 50.3 Å². The van der Waals surface area contributed by atoms with Gasteiger partial charge in [-0.3, -0.25) is 4.90 Å². The number of nitrogens with one attached hydrogen (secondary N) is 2. The number of hydrogen-bond donors (Lipinski definition) is 2. The third-order valence-electron chi connectivity index (χ3n) is 3.86. The topological polar surface area (TPSA) is 53.6 Å². The number of morpholine rings is 1. The molecule has 0 aromatic heterocycles. The predicted molar refractivity (Wildman–Crippen MR) is 83.2 cm³/mol. The molecule has 1 aromatic carbocycles. The van der Waals surface area contributed by atoms with Crippen molar-refractivity contribution < 1.29 is 18.3 Å². The summed E-state index contributed by atoms with van der Waals surface area (Å²) in [7, 11) is 0. The summed E-state index contributed by atoms with van der Waals surface area (Å²) >= 11 is 0. The van der Waals surface area contributed by atoms with Gasteiger partial charge < -0.3 is 15.4 Å². The highest BCUT2D eigenvalue weighted by Gasteiger charge is 2.17. The number of benzene rings is 1. The standard InChI is InChI=1S/C16H23F2N3O2/c1-2-15(13-11-12(17)3-4-14(13)18)20-16(22)19-5-6-21-7-9-23-10-8-21/h3-4,11,15H,2,5-10H2,1H3,(H2,19,20,22). The van der Waals surface area contributed by atoms with E-state index in [9.17, 15) is 13.6 Å². The number of rotatable bonds is 6. The first-order valence-corrected chi connectivity index (χ1v) is 7.89. The first kappa shape index (κ1) is 17.6. The summed E-state index contributed by atoms with van der Waals surface area (Å²) in [4.78, 5) is 14.1. The van der Waals surface area contributed by atoms with Crippen LogP contribution in [0.3, 0.4) is 0 Å². The summed E-state index contributed by atoms with van der Waals surface area (Å²) in [5.74, 6) is -1.04. The van der Waals surface area contributed by atoms with E-state index < -0.39 is 17.7 Å². The Balaban J connectivity index is 1.81.